The van der Waals surface area contributed by atoms with Crippen LogP contribution in [0.4, 0.5) is 0 Å². The number of fused-ring (bicyclic) bond motifs is 1. The largest absolute Gasteiger partial charge is 0.508 e. The summed E-state index contributed by atoms with van der Waals surface area (Å²) in [5.74, 6) is -0.124. The number of hydrogen-bond donors (Lipinski definition) is 4. The van der Waals surface area contributed by atoms with Gasteiger partial charge in [-0.1, -0.05) is 55.5 Å². The van der Waals surface area contributed by atoms with E-state index in [2.05, 4.69) is 0 Å². The summed E-state index contributed by atoms with van der Waals surface area (Å²) in [6.45, 7) is 1.91. The average Bonchev–Trinajstić information content (AvgIpc) is 3.09. The van der Waals surface area contributed by atoms with Gasteiger partial charge in [0.2, 0.25) is 0 Å². The molecule has 0 bridgehead atoms. The van der Waals surface area contributed by atoms with E-state index in [1.165, 1.54) is 12.1 Å². The highest BCUT2D eigenvalue weighted by molar-refractivity contribution is 5.90. The molecule has 4 N–H and O–H groups in total. The molecule has 3 aromatic carbocycles. The zero-order valence-electron chi connectivity index (χ0n) is 14.8. The van der Waals surface area contributed by atoms with Crippen molar-refractivity contribution in [2.75, 3.05) is 0 Å². The van der Waals surface area contributed by atoms with E-state index in [9.17, 15) is 20.4 Å². The van der Waals surface area contributed by atoms with Gasteiger partial charge in [0.1, 0.15) is 23.0 Å². The summed E-state index contributed by atoms with van der Waals surface area (Å²) in [4.78, 5) is 0. The van der Waals surface area contributed by atoms with Gasteiger partial charge in [-0.3, -0.25) is 0 Å². The summed E-state index contributed by atoms with van der Waals surface area (Å²) < 4.78 is 0. The molecule has 2 unspecified atom stereocenters. The van der Waals surface area contributed by atoms with E-state index in [4.69, 9.17) is 0 Å². The molecule has 0 saturated carbocycles. The molecule has 0 heterocycles. The molecular formula is C23H20O4. The lowest BCUT2D eigenvalue weighted by molar-refractivity contribution is 0.392. The summed E-state index contributed by atoms with van der Waals surface area (Å²) in [6, 6.07) is 15.8. The zero-order chi connectivity index (χ0) is 19.2. The fourth-order valence-electron chi connectivity index (χ4n) is 3.99. The third-order valence-corrected chi connectivity index (χ3v) is 5.49. The minimum atomic E-state index is -0.868. The molecule has 4 nitrogen and oxygen atoms in total. The molecule has 136 valence electrons. The van der Waals surface area contributed by atoms with E-state index in [1.54, 1.807) is 18.2 Å². The lowest BCUT2D eigenvalue weighted by Crippen LogP contribution is -2.31. The van der Waals surface area contributed by atoms with Crippen molar-refractivity contribution in [3.05, 3.63) is 89.7 Å². The molecule has 0 aromatic heterocycles. The van der Waals surface area contributed by atoms with E-state index in [1.807, 2.05) is 49.4 Å². The SMILES string of the molecule is CC(c1ccc(O)cc1O)(c1ccc2ccccc2c1O)C1C=CC(O)=C1. The lowest BCUT2D eigenvalue weighted by Gasteiger charge is -2.36. The maximum atomic E-state index is 11.1. The molecule has 4 heteroatoms. The van der Waals surface area contributed by atoms with Gasteiger partial charge < -0.3 is 20.4 Å². The van der Waals surface area contributed by atoms with E-state index >= 15 is 0 Å². The minimum absolute atomic E-state index is 0.0401. The third kappa shape index (κ3) is 2.61. The van der Waals surface area contributed by atoms with E-state index in [0.717, 1.165) is 10.8 Å². The second-order valence-electron chi connectivity index (χ2n) is 7.06. The summed E-state index contributed by atoms with van der Waals surface area (Å²) in [7, 11) is 0. The van der Waals surface area contributed by atoms with E-state index in [-0.39, 0.29) is 28.9 Å². The van der Waals surface area contributed by atoms with Gasteiger partial charge in [0.05, 0.1) is 0 Å². The molecule has 4 rings (SSSR count). The predicted octanol–water partition coefficient (Wildman–Crippen LogP) is 4.89. The summed E-state index contributed by atoms with van der Waals surface area (Å²) in [5.41, 5.74) is 0.307. The number of aromatic hydroxyl groups is 3. The second kappa shape index (κ2) is 6.09. The van der Waals surface area contributed by atoms with Crippen LogP contribution in [0.15, 0.2) is 78.6 Å². The molecule has 2 atom stereocenters. The van der Waals surface area contributed by atoms with Gasteiger partial charge in [-0.2, -0.15) is 0 Å². The van der Waals surface area contributed by atoms with Gasteiger partial charge >= 0.3 is 0 Å². The highest BCUT2D eigenvalue weighted by Crippen LogP contribution is 2.50. The van der Waals surface area contributed by atoms with Crippen molar-refractivity contribution in [3.63, 3.8) is 0 Å². The standard InChI is InChI=1S/C23H20O4/c1-23(15-7-8-16(24)12-15,19-11-9-17(25)13-21(19)26)20-10-6-14-4-2-3-5-18(14)22(20)27/h2-13,15,24-27H,1H3. The first kappa shape index (κ1) is 17.0. The Hall–Kier alpha value is -3.40. The highest BCUT2D eigenvalue weighted by Gasteiger charge is 2.41. The number of rotatable bonds is 3. The average molecular weight is 360 g/mol. The van der Waals surface area contributed by atoms with Gasteiger partial charge in [-0.25, -0.2) is 0 Å². The van der Waals surface area contributed by atoms with Gasteiger partial charge in [-0.15, -0.1) is 0 Å². The Morgan fingerprint density at radius 2 is 1.59 bits per heavy atom. The smallest absolute Gasteiger partial charge is 0.127 e. The minimum Gasteiger partial charge on any atom is -0.508 e. The van der Waals surface area contributed by atoms with E-state index in [0.29, 0.717) is 11.1 Å². The lowest BCUT2D eigenvalue weighted by atomic mass is 9.66. The first-order valence-electron chi connectivity index (χ1n) is 8.74. The van der Waals surface area contributed by atoms with Crippen LogP contribution in [0.3, 0.4) is 0 Å². The Labute approximate surface area is 157 Å². The first-order chi connectivity index (χ1) is 12.9. The summed E-state index contributed by atoms with van der Waals surface area (Å²) in [6.07, 6.45) is 5.15. The molecular weight excluding hydrogens is 340 g/mol. The number of hydrogen-bond acceptors (Lipinski definition) is 4. The number of phenols is 3. The Balaban J connectivity index is 2.02. The van der Waals surface area contributed by atoms with Gasteiger partial charge in [0, 0.05) is 33.9 Å². The summed E-state index contributed by atoms with van der Waals surface area (Å²) in [5, 5.41) is 42.9. The van der Waals surface area contributed by atoms with E-state index < -0.39 is 5.41 Å². The number of allylic oxidation sites excluding steroid dienone is 3. The molecule has 0 amide bonds. The fraction of sp³-hybridized carbons (Fsp3) is 0.130. The molecule has 0 radical (unpaired) electrons. The van der Waals surface area contributed by atoms with Crippen LogP contribution in [0, 0.1) is 5.92 Å². The third-order valence-electron chi connectivity index (χ3n) is 5.49. The van der Waals surface area contributed by atoms with Crippen LogP contribution in [0.25, 0.3) is 10.8 Å². The van der Waals surface area contributed by atoms with Crippen LogP contribution >= 0.6 is 0 Å². The molecule has 1 aliphatic carbocycles. The van der Waals surface area contributed by atoms with Crippen LogP contribution in [-0.2, 0) is 5.41 Å². The quantitative estimate of drug-likeness (QED) is 0.536. The van der Waals surface area contributed by atoms with Crippen LogP contribution < -0.4 is 0 Å². The summed E-state index contributed by atoms with van der Waals surface area (Å²) >= 11 is 0. The number of benzene rings is 3. The van der Waals surface area contributed by atoms with Gasteiger partial charge in [0.15, 0.2) is 0 Å². The van der Waals surface area contributed by atoms with Crippen molar-refractivity contribution in [2.45, 2.75) is 12.3 Å². The highest BCUT2D eigenvalue weighted by atomic mass is 16.3. The van der Waals surface area contributed by atoms with Gasteiger partial charge in [-0.05, 0) is 23.6 Å². The normalized spacial score (nSPS) is 18.4. The molecule has 0 aliphatic heterocycles. The Morgan fingerprint density at radius 1 is 0.852 bits per heavy atom. The van der Waals surface area contributed by atoms with Crippen LogP contribution in [-0.4, -0.2) is 20.4 Å². The number of aliphatic hydroxyl groups excluding tert-OH is 1. The Bertz CT molecular complexity index is 1100. The molecule has 3 aromatic rings. The monoisotopic (exact) mass is 360 g/mol. The topological polar surface area (TPSA) is 80.9 Å². The zero-order valence-corrected chi connectivity index (χ0v) is 14.8. The molecule has 0 spiro atoms. The van der Waals surface area contributed by atoms with Crippen molar-refractivity contribution >= 4 is 10.8 Å². The number of aliphatic hydroxyl groups is 1. The van der Waals surface area contributed by atoms with Crippen molar-refractivity contribution in [1.29, 1.82) is 0 Å². The second-order valence-corrected chi connectivity index (χ2v) is 7.06. The van der Waals surface area contributed by atoms with Gasteiger partial charge in [0.25, 0.3) is 0 Å². The molecule has 1 aliphatic rings. The van der Waals surface area contributed by atoms with Crippen LogP contribution in [0.1, 0.15) is 18.1 Å². The van der Waals surface area contributed by atoms with Crippen molar-refractivity contribution in [2.24, 2.45) is 5.92 Å². The maximum absolute atomic E-state index is 11.1. The predicted molar refractivity (Wildman–Crippen MR) is 105 cm³/mol. The first-order valence-corrected chi connectivity index (χ1v) is 8.74. The van der Waals surface area contributed by atoms with Crippen LogP contribution in [0.5, 0.6) is 17.2 Å². The maximum Gasteiger partial charge on any atom is 0.127 e. The Kier molecular flexibility index (Phi) is 3.84. The molecule has 27 heavy (non-hydrogen) atoms. The van der Waals surface area contributed by atoms with Crippen molar-refractivity contribution < 1.29 is 20.4 Å². The Morgan fingerprint density at radius 3 is 2.30 bits per heavy atom. The van der Waals surface area contributed by atoms with Crippen molar-refractivity contribution in [1.82, 2.24) is 0 Å². The molecule has 0 saturated heterocycles. The fourth-order valence-corrected chi connectivity index (χ4v) is 3.99. The van der Waals surface area contributed by atoms with Crippen LogP contribution in [0.2, 0.25) is 0 Å². The molecule has 0 fully saturated rings. The number of phenolic OH excluding ortho intramolecular Hbond substituents is 3. The van der Waals surface area contributed by atoms with Crippen molar-refractivity contribution in [3.8, 4) is 17.2 Å².